The second-order valence-corrected chi connectivity index (χ2v) is 6.89. The number of carbonyl (C=O) groups excluding carboxylic acids is 2. The summed E-state index contributed by atoms with van der Waals surface area (Å²) in [5.41, 5.74) is 1.86. The van der Waals surface area contributed by atoms with Gasteiger partial charge in [0.1, 0.15) is 0 Å². The first-order valence-electron chi connectivity index (χ1n) is 9.09. The van der Waals surface area contributed by atoms with Crippen molar-refractivity contribution in [1.29, 1.82) is 0 Å². The normalized spacial score (nSPS) is 17.3. The first-order valence-corrected chi connectivity index (χ1v) is 9.09. The van der Waals surface area contributed by atoms with E-state index in [-0.39, 0.29) is 18.0 Å². The Bertz CT molecular complexity index is 603. The maximum Gasteiger partial charge on any atom is 0.321 e. The number of rotatable bonds is 5. The summed E-state index contributed by atoms with van der Waals surface area (Å²) in [6, 6.07) is 8.19. The number of hydrogen-bond donors (Lipinski definition) is 2. The number of benzene rings is 1. The Hall–Kier alpha value is -2.24. The lowest BCUT2D eigenvalue weighted by Crippen LogP contribution is -2.50. The number of piperidine rings is 1. The van der Waals surface area contributed by atoms with E-state index in [1.807, 2.05) is 38.2 Å². The van der Waals surface area contributed by atoms with Crippen molar-refractivity contribution < 1.29 is 9.59 Å². The number of hydrogen-bond acceptors (Lipinski definition) is 3. The van der Waals surface area contributed by atoms with Crippen LogP contribution in [0.1, 0.15) is 40.0 Å². The van der Waals surface area contributed by atoms with Crippen molar-refractivity contribution in [1.82, 2.24) is 10.2 Å². The smallest absolute Gasteiger partial charge is 0.321 e. The van der Waals surface area contributed by atoms with Gasteiger partial charge in [0.2, 0.25) is 5.91 Å². The molecule has 0 aliphatic carbocycles. The maximum absolute atomic E-state index is 12.6. The summed E-state index contributed by atoms with van der Waals surface area (Å²) < 4.78 is 0. The molecule has 1 aliphatic rings. The van der Waals surface area contributed by atoms with Crippen LogP contribution >= 0.6 is 0 Å². The molecule has 0 saturated carbocycles. The van der Waals surface area contributed by atoms with E-state index >= 15 is 0 Å². The van der Waals surface area contributed by atoms with E-state index in [9.17, 15) is 9.59 Å². The van der Waals surface area contributed by atoms with Gasteiger partial charge in [-0.25, -0.2) is 4.79 Å². The van der Waals surface area contributed by atoms with Gasteiger partial charge in [-0.2, -0.15) is 0 Å². The third-order valence-corrected chi connectivity index (χ3v) is 4.67. The molecule has 1 aromatic carbocycles. The quantitative estimate of drug-likeness (QED) is 0.861. The van der Waals surface area contributed by atoms with E-state index in [1.165, 1.54) is 0 Å². The molecule has 1 saturated heterocycles. The molecule has 0 radical (unpaired) electrons. The zero-order valence-electron chi connectivity index (χ0n) is 15.7. The minimum absolute atomic E-state index is 0.0386. The molecule has 1 heterocycles. The Kier molecular flexibility index (Phi) is 6.67. The van der Waals surface area contributed by atoms with Gasteiger partial charge in [-0.15, -0.1) is 0 Å². The number of nitrogens with one attached hydrogen (secondary N) is 2. The molecule has 138 valence electrons. The van der Waals surface area contributed by atoms with Gasteiger partial charge in [0.15, 0.2) is 0 Å². The fourth-order valence-corrected chi connectivity index (χ4v) is 2.91. The van der Waals surface area contributed by atoms with Crippen LogP contribution in [0.3, 0.4) is 0 Å². The second kappa shape index (κ2) is 8.74. The average molecular weight is 346 g/mol. The molecule has 6 heteroatoms. The van der Waals surface area contributed by atoms with Gasteiger partial charge in [-0.3, -0.25) is 4.79 Å². The number of urea groups is 1. The molecule has 2 N–H and O–H groups in total. The van der Waals surface area contributed by atoms with E-state index < -0.39 is 0 Å². The van der Waals surface area contributed by atoms with E-state index in [4.69, 9.17) is 0 Å². The molecular formula is C19H30N4O2. The highest BCUT2D eigenvalue weighted by molar-refractivity contribution is 5.90. The molecule has 0 bridgehead atoms. The minimum atomic E-state index is -0.111. The third kappa shape index (κ3) is 5.37. The number of likely N-dealkylation sites (tertiary alicyclic amines) is 1. The number of nitrogens with zero attached hydrogens (tertiary/aromatic N) is 2. The van der Waals surface area contributed by atoms with E-state index in [0.717, 1.165) is 30.8 Å². The predicted octanol–water partition coefficient (Wildman–Crippen LogP) is 3.05. The Morgan fingerprint density at radius 1 is 1.36 bits per heavy atom. The molecule has 1 unspecified atom stereocenters. The average Bonchev–Trinajstić information content (AvgIpc) is 2.61. The largest absolute Gasteiger partial charge is 0.372 e. The van der Waals surface area contributed by atoms with E-state index in [1.54, 1.807) is 4.90 Å². The molecule has 1 aliphatic heterocycles. The number of amides is 3. The molecule has 3 amide bonds. The van der Waals surface area contributed by atoms with Crippen LogP contribution in [0.25, 0.3) is 0 Å². The van der Waals surface area contributed by atoms with Gasteiger partial charge in [0.25, 0.3) is 0 Å². The topological polar surface area (TPSA) is 64.7 Å². The summed E-state index contributed by atoms with van der Waals surface area (Å²) in [7, 11) is 2.04. The maximum atomic E-state index is 12.6. The standard InChI is InChI=1S/C19H30N4O2/c1-5-18(24)20-16-9-7-11-23(13-16)19(25)21-15-8-6-10-17(12-15)22(4)14(2)3/h6,8,10,12,14,16H,5,7,9,11,13H2,1-4H3,(H,20,24)(H,21,25). The molecule has 1 fully saturated rings. The van der Waals surface area contributed by atoms with Gasteiger partial charge < -0.3 is 20.4 Å². The Balaban J connectivity index is 1.97. The summed E-state index contributed by atoms with van der Waals surface area (Å²) in [5.74, 6) is 0.0386. The molecule has 0 aromatic heterocycles. The Morgan fingerprint density at radius 2 is 2.12 bits per heavy atom. The van der Waals surface area contributed by atoms with Crippen molar-refractivity contribution in [3.05, 3.63) is 24.3 Å². The molecule has 1 aromatic rings. The molecule has 0 spiro atoms. The second-order valence-electron chi connectivity index (χ2n) is 6.89. The molecule has 6 nitrogen and oxygen atoms in total. The van der Waals surface area contributed by atoms with Crippen molar-refractivity contribution in [2.45, 2.75) is 52.1 Å². The lowest BCUT2D eigenvalue weighted by Gasteiger charge is -2.33. The fraction of sp³-hybridized carbons (Fsp3) is 0.579. The van der Waals surface area contributed by atoms with Crippen LogP contribution in [0, 0.1) is 0 Å². The zero-order valence-corrected chi connectivity index (χ0v) is 15.7. The lowest BCUT2D eigenvalue weighted by molar-refractivity contribution is -0.121. The Morgan fingerprint density at radius 3 is 2.80 bits per heavy atom. The van der Waals surface area contributed by atoms with E-state index in [2.05, 4.69) is 29.4 Å². The summed E-state index contributed by atoms with van der Waals surface area (Å²) in [4.78, 5) is 28.1. The first kappa shape index (κ1) is 19.1. The van der Waals surface area contributed by atoms with Crippen molar-refractivity contribution >= 4 is 23.3 Å². The van der Waals surface area contributed by atoms with Crippen molar-refractivity contribution in [3.63, 3.8) is 0 Å². The summed E-state index contributed by atoms with van der Waals surface area (Å²) in [5, 5.41) is 5.97. The van der Waals surface area contributed by atoms with Crippen LogP contribution in [-0.2, 0) is 4.79 Å². The van der Waals surface area contributed by atoms with Gasteiger partial charge in [-0.1, -0.05) is 13.0 Å². The monoisotopic (exact) mass is 346 g/mol. The van der Waals surface area contributed by atoms with Gasteiger partial charge in [0.05, 0.1) is 0 Å². The predicted molar refractivity (Wildman–Crippen MR) is 102 cm³/mol. The third-order valence-electron chi connectivity index (χ3n) is 4.67. The summed E-state index contributed by atoms with van der Waals surface area (Å²) in [6.07, 6.45) is 2.29. The fourth-order valence-electron chi connectivity index (χ4n) is 2.91. The van der Waals surface area contributed by atoms with Crippen LogP contribution in [0.15, 0.2) is 24.3 Å². The number of anilines is 2. The zero-order chi connectivity index (χ0) is 18.4. The Labute approximate surface area is 150 Å². The highest BCUT2D eigenvalue weighted by atomic mass is 16.2. The highest BCUT2D eigenvalue weighted by Crippen LogP contribution is 2.21. The van der Waals surface area contributed by atoms with Crippen LogP contribution in [0.4, 0.5) is 16.2 Å². The SMILES string of the molecule is CCC(=O)NC1CCCN(C(=O)Nc2cccc(N(C)C(C)C)c2)C1. The van der Waals surface area contributed by atoms with Gasteiger partial charge in [0, 0.05) is 50.0 Å². The van der Waals surface area contributed by atoms with Crippen molar-refractivity contribution in [3.8, 4) is 0 Å². The number of carbonyl (C=O) groups is 2. The van der Waals surface area contributed by atoms with E-state index in [0.29, 0.717) is 19.0 Å². The molecular weight excluding hydrogens is 316 g/mol. The van der Waals surface area contributed by atoms with Crippen molar-refractivity contribution in [2.24, 2.45) is 0 Å². The highest BCUT2D eigenvalue weighted by Gasteiger charge is 2.24. The van der Waals surface area contributed by atoms with Gasteiger partial charge >= 0.3 is 6.03 Å². The van der Waals surface area contributed by atoms with Crippen LogP contribution in [0.5, 0.6) is 0 Å². The summed E-state index contributed by atoms with van der Waals surface area (Å²) >= 11 is 0. The van der Waals surface area contributed by atoms with Crippen LogP contribution in [-0.4, -0.2) is 49.1 Å². The van der Waals surface area contributed by atoms with Gasteiger partial charge in [-0.05, 0) is 44.9 Å². The van der Waals surface area contributed by atoms with Crippen LogP contribution in [0.2, 0.25) is 0 Å². The minimum Gasteiger partial charge on any atom is -0.372 e. The molecule has 2 rings (SSSR count). The first-order chi connectivity index (χ1) is 11.9. The molecule has 1 atom stereocenters. The lowest BCUT2D eigenvalue weighted by atomic mass is 10.1. The molecule has 25 heavy (non-hydrogen) atoms. The van der Waals surface area contributed by atoms with Crippen LogP contribution < -0.4 is 15.5 Å². The van der Waals surface area contributed by atoms with Crippen molar-refractivity contribution in [2.75, 3.05) is 30.4 Å². The summed E-state index contributed by atoms with van der Waals surface area (Å²) in [6.45, 7) is 7.37.